The highest BCUT2D eigenvalue weighted by atomic mass is 16.5. The van der Waals surface area contributed by atoms with Gasteiger partial charge in [-0.3, -0.25) is 9.59 Å². The van der Waals surface area contributed by atoms with Crippen molar-refractivity contribution in [3.8, 4) is 11.6 Å². The van der Waals surface area contributed by atoms with Gasteiger partial charge >= 0.3 is 11.8 Å². The molecule has 24 heavy (non-hydrogen) atoms. The SMILES string of the molecule is COc1ccc(NC(=O)C(=O)NCc2ccc(C)nc2OC)cc1. The number of hydrogen-bond acceptors (Lipinski definition) is 5. The van der Waals surface area contributed by atoms with Crippen LogP contribution in [0.2, 0.25) is 0 Å². The molecule has 0 bridgehead atoms. The van der Waals surface area contributed by atoms with Crippen LogP contribution < -0.4 is 20.1 Å². The first-order valence-corrected chi connectivity index (χ1v) is 7.27. The third-order valence-corrected chi connectivity index (χ3v) is 3.27. The first-order chi connectivity index (χ1) is 11.5. The molecule has 2 N–H and O–H groups in total. The second-order valence-electron chi connectivity index (χ2n) is 4.99. The lowest BCUT2D eigenvalue weighted by Crippen LogP contribution is -2.35. The smallest absolute Gasteiger partial charge is 0.313 e. The molecule has 0 unspecified atom stereocenters. The number of hydrogen-bond donors (Lipinski definition) is 2. The van der Waals surface area contributed by atoms with Gasteiger partial charge in [0.25, 0.3) is 0 Å². The van der Waals surface area contributed by atoms with Gasteiger partial charge in [0.1, 0.15) is 5.75 Å². The molecule has 7 heteroatoms. The molecular formula is C17H19N3O4. The lowest BCUT2D eigenvalue weighted by molar-refractivity contribution is -0.136. The molecule has 0 atom stereocenters. The van der Waals surface area contributed by atoms with E-state index in [9.17, 15) is 9.59 Å². The summed E-state index contributed by atoms with van der Waals surface area (Å²) in [6.45, 7) is 1.98. The molecule has 0 aliphatic heterocycles. The Hall–Kier alpha value is -3.09. The van der Waals surface area contributed by atoms with Gasteiger partial charge in [0.2, 0.25) is 5.88 Å². The van der Waals surface area contributed by atoms with Gasteiger partial charge in [-0.15, -0.1) is 0 Å². The maximum Gasteiger partial charge on any atom is 0.313 e. The van der Waals surface area contributed by atoms with Crippen molar-refractivity contribution in [2.24, 2.45) is 0 Å². The van der Waals surface area contributed by atoms with Crippen LogP contribution >= 0.6 is 0 Å². The van der Waals surface area contributed by atoms with E-state index in [0.29, 0.717) is 22.9 Å². The molecule has 0 saturated carbocycles. The maximum absolute atomic E-state index is 11.9. The number of amides is 2. The molecule has 0 aliphatic rings. The van der Waals surface area contributed by atoms with Gasteiger partial charge in [-0.1, -0.05) is 6.07 Å². The molecule has 2 aromatic rings. The van der Waals surface area contributed by atoms with Crippen molar-refractivity contribution in [1.82, 2.24) is 10.3 Å². The molecule has 0 aliphatic carbocycles. The van der Waals surface area contributed by atoms with Gasteiger partial charge in [0, 0.05) is 23.5 Å². The molecule has 7 nitrogen and oxygen atoms in total. The number of rotatable bonds is 5. The molecule has 1 aromatic carbocycles. The van der Waals surface area contributed by atoms with Gasteiger partial charge in [-0.05, 0) is 37.3 Å². The molecule has 0 saturated heterocycles. The van der Waals surface area contributed by atoms with E-state index in [0.717, 1.165) is 5.69 Å². The van der Waals surface area contributed by atoms with E-state index in [2.05, 4.69) is 15.6 Å². The highest BCUT2D eigenvalue weighted by Gasteiger charge is 2.14. The van der Waals surface area contributed by atoms with Crippen LogP contribution in [0.1, 0.15) is 11.3 Å². The number of ether oxygens (including phenoxy) is 2. The van der Waals surface area contributed by atoms with Crippen LogP contribution in [0.25, 0.3) is 0 Å². The van der Waals surface area contributed by atoms with Crippen LogP contribution in [0.5, 0.6) is 11.6 Å². The van der Waals surface area contributed by atoms with Gasteiger partial charge < -0.3 is 20.1 Å². The number of methoxy groups -OCH3 is 2. The third-order valence-electron chi connectivity index (χ3n) is 3.27. The number of aryl methyl sites for hydroxylation is 1. The Kier molecular flexibility index (Phi) is 5.73. The molecule has 0 spiro atoms. The van der Waals surface area contributed by atoms with E-state index in [1.807, 2.05) is 6.92 Å². The molecule has 2 rings (SSSR count). The van der Waals surface area contributed by atoms with E-state index < -0.39 is 11.8 Å². The number of nitrogens with zero attached hydrogens (tertiary/aromatic N) is 1. The largest absolute Gasteiger partial charge is 0.497 e. The zero-order valence-electron chi connectivity index (χ0n) is 13.8. The van der Waals surface area contributed by atoms with E-state index in [4.69, 9.17) is 9.47 Å². The number of aromatic nitrogens is 1. The van der Waals surface area contributed by atoms with Crippen LogP contribution in [0.3, 0.4) is 0 Å². The Bertz CT molecular complexity index is 729. The zero-order valence-corrected chi connectivity index (χ0v) is 13.8. The number of nitrogens with one attached hydrogen (secondary N) is 2. The first-order valence-electron chi connectivity index (χ1n) is 7.27. The molecule has 126 valence electrons. The predicted octanol–water partition coefficient (Wildman–Crippen LogP) is 1.66. The number of carbonyl (C=O) groups is 2. The Morgan fingerprint density at radius 3 is 2.33 bits per heavy atom. The summed E-state index contributed by atoms with van der Waals surface area (Å²) in [5.74, 6) is -0.407. The number of anilines is 1. The van der Waals surface area contributed by atoms with Gasteiger partial charge in [-0.2, -0.15) is 0 Å². The van der Waals surface area contributed by atoms with Crippen molar-refractivity contribution < 1.29 is 19.1 Å². The monoisotopic (exact) mass is 329 g/mol. The number of pyridine rings is 1. The van der Waals surface area contributed by atoms with Crippen molar-refractivity contribution in [3.05, 3.63) is 47.7 Å². The minimum absolute atomic E-state index is 0.144. The van der Waals surface area contributed by atoms with Crippen LogP contribution in [0.15, 0.2) is 36.4 Å². The highest BCUT2D eigenvalue weighted by molar-refractivity contribution is 6.39. The van der Waals surface area contributed by atoms with Crippen molar-refractivity contribution in [3.63, 3.8) is 0 Å². The van der Waals surface area contributed by atoms with E-state index in [1.54, 1.807) is 43.5 Å². The normalized spacial score (nSPS) is 9.96. The maximum atomic E-state index is 11.9. The number of carbonyl (C=O) groups excluding carboxylic acids is 2. The van der Waals surface area contributed by atoms with Gasteiger partial charge in [0.05, 0.1) is 14.2 Å². The quantitative estimate of drug-likeness (QED) is 0.814. The predicted molar refractivity (Wildman–Crippen MR) is 89.0 cm³/mol. The van der Waals surface area contributed by atoms with E-state index >= 15 is 0 Å². The van der Waals surface area contributed by atoms with Crippen molar-refractivity contribution in [2.75, 3.05) is 19.5 Å². The molecule has 1 aromatic heterocycles. The van der Waals surface area contributed by atoms with Crippen molar-refractivity contribution in [1.29, 1.82) is 0 Å². The summed E-state index contributed by atoms with van der Waals surface area (Å²) in [7, 11) is 3.05. The third kappa shape index (κ3) is 4.45. The van der Waals surface area contributed by atoms with Gasteiger partial charge in [0.15, 0.2) is 0 Å². The van der Waals surface area contributed by atoms with Crippen LogP contribution in [-0.2, 0) is 16.1 Å². The fourth-order valence-electron chi connectivity index (χ4n) is 1.99. The Labute approximate surface area is 140 Å². The van der Waals surface area contributed by atoms with E-state index in [-0.39, 0.29) is 6.54 Å². The average Bonchev–Trinajstić information content (AvgIpc) is 2.60. The first kappa shape index (κ1) is 17.3. The molecule has 0 radical (unpaired) electrons. The highest BCUT2D eigenvalue weighted by Crippen LogP contribution is 2.16. The van der Waals surface area contributed by atoms with Crippen molar-refractivity contribution in [2.45, 2.75) is 13.5 Å². The van der Waals surface area contributed by atoms with Gasteiger partial charge in [-0.25, -0.2) is 4.98 Å². The average molecular weight is 329 g/mol. The summed E-state index contributed by atoms with van der Waals surface area (Å²) in [4.78, 5) is 28.0. The minimum Gasteiger partial charge on any atom is -0.497 e. The second-order valence-corrected chi connectivity index (χ2v) is 4.99. The zero-order chi connectivity index (χ0) is 17.5. The molecule has 2 amide bonds. The summed E-state index contributed by atoms with van der Waals surface area (Å²) in [5.41, 5.74) is 2.00. The topological polar surface area (TPSA) is 89.5 Å². The van der Waals surface area contributed by atoms with Crippen LogP contribution in [0.4, 0.5) is 5.69 Å². The Morgan fingerprint density at radius 2 is 1.71 bits per heavy atom. The fraction of sp³-hybridized carbons (Fsp3) is 0.235. The minimum atomic E-state index is -0.751. The summed E-state index contributed by atoms with van der Waals surface area (Å²) in [5, 5.41) is 5.05. The second kappa shape index (κ2) is 7.96. The lowest BCUT2D eigenvalue weighted by Gasteiger charge is -2.10. The molecule has 1 heterocycles. The Balaban J connectivity index is 1.93. The number of benzene rings is 1. The molecular weight excluding hydrogens is 310 g/mol. The van der Waals surface area contributed by atoms with E-state index in [1.165, 1.54) is 7.11 Å². The lowest BCUT2D eigenvalue weighted by atomic mass is 10.2. The van der Waals surface area contributed by atoms with Crippen LogP contribution in [0, 0.1) is 6.92 Å². The van der Waals surface area contributed by atoms with Crippen molar-refractivity contribution >= 4 is 17.5 Å². The van der Waals surface area contributed by atoms with Crippen LogP contribution in [-0.4, -0.2) is 31.0 Å². The molecule has 0 fully saturated rings. The summed E-state index contributed by atoms with van der Waals surface area (Å²) in [6, 6.07) is 10.3. The summed E-state index contributed by atoms with van der Waals surface area (Å²) >= 11 is 0. The summed E-state index contributed by atoms with van der Waals surface area (Å²) in [6.07, 6.45) is 0. The Morgan fingerprint density at radius 1 is 1.00 bits per heavy atom. The summed E-state index contributed by atoms with van der Waals surface area (Å²) < 4.78 is 10.2. The fourth-order valence-corrected chi connectivity index (χ4v) is 1.99. The standard InChI is InChI=1S/C17H19N3O4/c1-11-4-5-12(17(19-11)24-3)10-18-15(21)16(22)20-13-6-8-14(23-2)9-7-13/h4-9H,10H2,1-3H3,(H,18,21)(H,20,22).